The summed E-state index contributed by atoms with van der Waals surface area (Å²) >= 11 is 1.52. The smallest absolute Gasteiger partial charge is 0.235 e. The van der Waals surface area contributed by atoms with E-state index in [-0.39, 0.29) is 0 Å². The van der Waals surface area contributed by atoms with E-state index in [1.807, 2.05) is 49.4 Å². The lowest BCUT2D eigenvalue weighted by atomic mass is 10.1. The first-order valence-corrected chi connectivity index (χ1v) is 9.28. The van der Waals surface area contributed by atoms with E-state index in [1.165, 1.54) is 11.3 Å². The van der Waals surface area contributed by atoms with Gasteiger partial charge < -0.3 is 4.74 Å². The average molecular weight is 373 g/mol. The van der Waals surface area contributed by atoms with Crippen LogP contribution in [-0.4, -0.2) is 31.9 Å². The van der Waals surface area contributed by atoms with Gasteiger partial charge in [0.1, 0.15) is 10.8 Å². The van der Waals surface area contributed by atoms with Gasteiger partial charge in [0.05, 0.1) is 12.6 Å². The van der Waals surface area contributed by atoms with Gasteiger partial charge in [0.2, 0.25) is 4.96 Å². The summed E-state index contributed by atoms with van der Waals surface area (Å²) in [5, 5.41) is 15.4. The molecule has 0 saturated heterocycles. The second kappa shape index (κ2) is 6.14. The molecule has 0 saturated carbocycles. The topological polar surface area (TPSA) is 65.2 Å². The van der Waals surface area contributed by atoms with Gasteiger partial charge in [0.15, 0.2) is 5.82 Å². The van der Waals surface area contributed by atoms with Gasteiger partial charge in [0.25, 0.3) is 0 Å². The Labute approximate surface area is 159 Å². The maximum absolute atomic E-state index is 5.32. The van der Waals surface area contributed by atoms with Crippen LogP contribution in [0.3, 0.4) is 0 Å². The Bertz CT molecular complexity index is 1290. The zero-order chi connectivity index (χ0) is 18.4. The molecule has 3 aromatic heterocycles. The molecular formula is C20H15N5OS. The molecule has 7 heteroatoms. The SMILES string of the molecule is COc1cccc(-c2nnc3sc(-c4cc(C)nc5ccccc45)nn23)c1. The maximum atomic E-state index is 5.32. The highest BCUT2D eigenvalue weighted by Crippen LogP contribution is 2.33. The van der Waals surface area contributed by atoms with Crippen LogP contribution < -0.4 is 4.74 Å². The van der Waals surface area contributed by atoms with Crippen LogP contribution in [0, 0.1) is 6.92 Å². The summed E-state index contributed by atoms with van der Waals surface area (Å²) < 4.78 is 7.11. The van der Waals surface area contributed by atoms with E-state index >= 15 is 0 Å². The van der Waals surface area contributed by atoms with Gasteiger partial charge in [0, 0.05) is 22.2 Å². The third-order valence-electron chi connectivity index (χ3n) is 4.39. The van der Waals surface area contributed by atoms with E-state index < -0.39 is 0 Å². The molecule has 5 aromatic rings. The Hall–Kier alpha value is -3.32. The lowest BCUT2D eigenvalue weighted by Gasteiger charge is -2.04. The number of fused-ring (bicyclic) bond motifs is 2. The summed E-state index contributed by atoms with van der Waals surface area (Å²) in [6, 6.07) is 17.9. The van der Waals surface area contributed by atoms with E-state index in [0.717, 1.165) is 43.4 Å². The number of rotatable bonds is 3. The predicted molar refractivity (Wildman–Crippen MR) is 106 cm³/mol. The molecule has 0 atom stereocenters. The van der Waals surface area contributed by atoms with Gasteiger partial charge in [-0.05, 0) is 31.2 Å². The molecule has 0 bridgehead atoms. The molecule has 0 aliphatic rings. The largest absolute Gasteiger partial charge is 0.497 e. The van der Waals surface area contributed by atoms with Crippen LogP contribution in [-0.2, 0) is 0 Å². The first-order chi connectivity index (χ1) is 13.2. The van der Waals surface area contributed by atoms with Gasteiger partial charge in [-0.2, -0.15) is 9.61 Å². The fraction of sp³-hybridized carbons (Fsp3) is 0.100. The Morgan fingerprint density at radius 3 is 2.78 bits per heavy atom. The number of hydrogen-bond acceptors (Lipinski definition) is 6. The Balaban J connectivity index is 1.70. The van der Waals surface area contributed by atoms with Crippen molar-refractivity contribution in [1.29, 1.82) is 0 Å². The number of hydrogen-bond donors (Lipinski definition) is 0. The molecule has 5 rings (SSSR count). The van der Waals surface area contributed by atoms with Crippen LogP contribution >= 0.6 is 11.3 Å². The van der Waals surface area contributed by atoms with Gasteiger partial charge in [-0.15, -0.1) is 10.2 Å². The van der Waals surface area contributed by atoms with Crippen LogP contribution in [0.1, 0.15) is 5.69 Å². The maximum Gasteiger partial charge on any atom is 0.235 e. The van der Waals surface area contributed by atoms with Crippen molar-refractivity contribution >= 4 is 27.2 Å². The van der Waals surface area contributed by atoms with Crippen molar-refractivity contribution in [1.82, 2.24) is 24.8 Å². The standard InChI is InChI=1S/C20H15N5OS/c1-12-10-16(15-8-3-4-9-17(15)21-12)19-24-25-18(22-23-20(25)27-19)13-6-5-7-14(11-13)26-2/h3-11H,1-2H3. The zero-order valence-electron chi connectivity index (χ0n) is 14.7. The molecule has 0 aliphatic carbocycles. The fourth-order valence-electron chi connectivity index (χ4n) is 3.15. The average Bonchev–Trinajstić information content (AvgIpc) is 3.28. The number of ether oxygens (including phenoxy) is 1. The quantitative estimate of drug-likeness (QED) is 0.469. The molecule has 0 amide bonds. The molecule has 0 fully saturated rings. The predicted octanol–water partition coefficient (Wildman–Crippen LogP) is 4.39. The third kappa shape index (κ3) is 2.63. The molecule has 0 unspecified atom stereocenters. The highest BCUT2D eigenvalue weighted by Gasteiger charge is 2.17. The summed E-state index contributed by atoms with van der Waals surface area (Å²) in [6.45, 7) is 2.00. The Kier molecular flexibility index (Phi) is 3.61. The minimum atomic E-state index is 0.696. The van der Waals surface area contributed by atoms with Gasteiger partial charge in [-0.3, -0.25) is 4.98 Å². The second-order valence-electron chi connectivity index (χ2n) is 6.19. The zero-order valence-corrected chi connectivity index (χ0v) is 15.6. The number of pyridine rings is 1. The van der Waals surface area contributed by atoms with E-state index in [2.05, 4.69) is 27.3 Å². The van der Waals surface area contributed by atoms with Crippen LogP contribution in [0.15, 0.2) is 54.6 Å². The number of methoxy groups -OCH3 is 1. The van der Waals surface area contributed by atoms with Crippen molar-refractivity contribution < 1.29 is 4.74 Å². The molecule has 0 N–H and O–H groups in total. The lowest BCUT2D eigenvalue weighted by molar-refractivity contribution is 0.415. The Morgan fingerprint density at radius 1 is 1.00 bits per heavy atom. The highest BCUT2D eigenvalue weighted by molar-refractivity contribution is 7.19. The minimum absolute atomic E-state index is 0.696. The molecule has 6 nitrogen and oxygen atoms in total. The van der Waals surface area contributed by atoms with Crippen molar-refractivity contribution in [3.63, 3.8) is 0 Å². The molecule has 3 heterocycles. The fourth-order valence-corrected chi connectivity index (χ4v) is 4.02. The van der Waals surface area contributed by atoms with E-state index in [1.54, 1.807) is 11.6 Å². The van der Waals surface area contributed by atoms with Crippen molar-refractivity contribution in [2.45, 2.75) is 6.92 Å². The minimum Gasteiger partial charge on any atom is -0.497 e. The van der Waals surface area contributed by atoms with Crippen LogP contribution in [0.4, 0.5) is 0 Å². The summed E-state index contributed by atoms with van der Waals surface area (Å²) in [5.74, 6) is 1.47. The normalized spacial score (nSPS) is 11.3. The lowest BCUT2D eigenvalue weighted by Crippen LogP contribution is -1.93. The van der Waals surface area contributed by atoms with Crippen LogP contribution in [0.5, 0.6) is 5.75 Å². The van der Waals surface area contributed by atoms with E-state index in [9.17, 15) is 0 Å². The van der Waals surface area contributed by atoms with Crippen molar-refractivity contribution in [3.8, 4) is 27.7 Å². The van der Waals surface area contributed by atoms with Crippen LogP contribution in [0.25, 0.3) is 37.8 Å². The number of benzene rings is 2. The first kappa shape index (κ1) is 15.9. The molecule has 0 spiro atoms. The summed E-state index contributed by atoms with van der Waals surface area (Å²) in [6.07, 6.45) is 0. The van der Waals surface area contributed by atoms with E-state index in [0.29, 0.717) is 5.82 Å². The second-order valence-corrected chi connectivity index (χ2v) is 7.14. The molecule has 0 radical (unpaired) electrons. The molecule has 132 valence electrons. The van der Waals surface area contributed by atoms with Gasteiger partial charge >= 0.3 is 0 Å². The number of nitrogens with zero attached hydrogens (tertiary/aromatic N) is 5. The molecule has 27 heavy (non-hydrogen) atoms. The number of aryl methyl sites for hydroxylation is 1. The van der Waals surface area contributed by atoms with Crippen molar-refractivity contribution in [3.05, 3.63) is 60.3 Å². The van der Waals surface area contributed by atoms with Gasteiger partial charge in [-0.25, -0.2) is 0 Å². The van der Waals surface area contributed by atoms with Crippen LogP contribution in [0.2, 0.25) is 0 Å². The molecule has 2 aromatic carbocycles. The summed E-state index contributed by atoms with van der Waals surface area (Å²) in [7, 11) is 1.65. The van der Waals surface area contributed by atoms with Gasteiger partial charge in [-0.1, -0.05) is 41.7 Å². The Morgan fingerprint density at radius 2 is 1.89 bits per heavy atom. The van der Waals surface area contributed by atoms with E-state index in [4.69, 9.17) is 9.84 Å². The first-order valence-electron chi connectivity index (χ1n) is 8.46. The molecule has 0 aliphatic heterocycles. The van der Waals surface area contributed by atoms with Crippen molar-refractivity contribution in [2.24, 2.45) is 0 Å². The summed E-state index contributed by atoms with van der Waals surface area (Å²) in [5.41, 5.74) is 3.90. The van der Waals surface area contributed by atoms with Crippen molar-refractivity contribution in [2.75, 3.05) is 7.11 Å². The molecular weight excluding hydrogens is 358 g/mol. The third-order valence-corrected chi connectivity index (χ3v) is 5.33. The highest BCUT2D eigenvalue weighted by atomic mass is 32.1. The summed E-state index contributed by atoms with van der Waals surface area (Å²) in [4.78, 5) is 5.37. The monoisotopic (exact) mass is 373 g/mol. The number of aromatic nitrogens is 5. The number of para-hydroxylation sites is 1.